The van der Waals surface area contributed by atoms with E-state index in [-0.39, 0.29) is 6.54 Å². The molecule has 0 aliphatic heterocycles. The first-order valence-electron chi connectivity index (χ1n) is 4.69. The number of aliphatic hydroxyl groups is 2. The first-order chi connectivity index (χ1) is 7.56. The van der Waals surface area contributed by atoms with Crippen molar-refractivity contribution in [1.29, 1.82) is 0 Å². The highest BCUT2D eigenvalue weighted by molar-refractivity contribution is 5.29. The minimum absolute atomic E-state index is 0.256. The van der Waals surface area contributed by atoms with E-state index < -0.39 is 18.0 Å². The monoisotopic (exact) mass is 225 g/mol. The lowest BCUT2D eigenvalue weighted by Gasteiger charge is -2.18. The van der Waals surface area contributed by atoms with Crippen LogP contribution in [0, 0.1) is 12.7 Å². The summed E-state index contributed by atoms with van der Waals surface area (Å²) in [5.41, 5.74) is 9.03. The first kappa shape index (κ1) is 12.4. The van der Waals surface area contributed by atoms with Crippen LogP contribution in [0.3, 0.4) is 0 Å². The van der Waals surface area contributed by atoms with Gasteiger partial charge in [-0.25, -0.2) is 4.39 Å². The summed E-state index contributed by atoms with van der Waals surface area (Å²) in [5.74, 6) is -0.490. The van der Waals surface area contributed by atoms with Gasteiger partial charge in [-0.3, -0.25) is 0 Å². The van der Waals surface area contributed by atoms with Crippen molar-refractivity contribution >= 4 is 0 Å². The van der Waals surface area contributed by atoms with Crippen molar-refractivity contribution in [2.75, 3.05) is 6.54 Å². The van der Waals surface area contributed by atoms with Crippen LogP contribution in [0.4, 0.5) is 4.39 Å². The molecule has 0 saturated carbocycles. The zero-order chi connectivity index (χ0) is 12.1. The molecule has 6 heteroatoms. The molecule has 2 atom stereocenters. The second kappa shape index (κ2) is 5.46. The zero-order valence-corrected chi connectivity index (χ0v) is 8.71. The number of hydrogen-bond donors (Lipinski definition) is 2. The molecular formula is C10H12FN3O2. The van der Waals surface area contributed by atoms with Crippen LogP contribution in [-0.2, 0) is 0 Å². The van der Waals surface area contributed by atoms with Crippen LogP contribution in [0.15, 0.2) is 23.3 Å². The maximum atomic E-state index is 12.9. The summed E-state index contributed by atoms with van der Waals surface area (Å²) in [5, 5.41) is 22.3. The molecule has 1 aromatic rings. The van der Waals surface area contributed by atoms with E-state index in [1.54, 1.807) is 6.92 Å². The molecular weight excluding hydrogens is 213 g/mol. The van der Waals surface area contributed by atoms with Gasteiger partial charge in [-0.1, -0.05) is 11.2 Å². The Labute approximate surface area is 91.8 Å². The second-order valence-corrected chi connectivity index (χ2v) is 3.43. The number of nitrogens with zero attached hydrogens (tertiary/aromatic N) is 3. The highest BCUT2D eigenvalue weighted by Crippen LogP contribution is 2.22. The van der Waals surface area contributed by atoms with Gasteiger partial charge in [0.2, 0.25) is 0 Å². The molecule has 16 heavy (non-hydrogen) atoms. The van der Waals surface area contributed by atoms with Crippen LogP contribution in [0.25, 0.3) is 10.4 Å². The van der Waals surface area contributed by atoms with E-state index in [1.165, 1.54) is 12.1 Å². The highest BCUT2D eigenvalue weighted by Gasteiger charge is 2.19. The Morgan fingerprint density at radius 1 is 1.50 bits per heavy atom. The fourth-order valence-electron chi connectivity index (χ4n) is 1.36. The van der Waals surface area contributed by atoms with Crippen molar-refractivity contribution in [3.05, 3.63) is 45.6 Å². The third-order valence-electron chi connectivity index (χ3n) is 2.26. The molecule has 0 fully saturated rings. The van der Waals surface area contributed by atoms with Gasteiger partial charge in [-0.15, -0.1) is 0 Å². The number of aliphatic hydroxyl groups excluding tert-OH is 2. The molecule has 86 valence electrons. The zero-order valence-electron chi connectivity index (χ0n) is 8.71. The van der Waals surface area contributed by atoms with Gasteiger partial charge in [0.25, 0.3) is 0 Å². The fourth-order valence-corrected chi connectivity index (χ4v) is 1.36. The van der Waals surface area contributed by atoms with Gasteiger partial charge < -0.3 is 10.2 Å². The molecule has 0 radical (unpaired) electrons. The molecule has 1 rings (SSSR count). The number of halogens is 1. The average Bonchev–Trinajstić information content (AvgIpc) is 2.28. The lowest BCUT2D eigenvalue weighted by Crippen LogP contribution is -2.22. The van der Waals surface area contributed by atoms with Gasteiger partial charge >= 0.3 is 0 Å². The Morgan fingerprint density at radius 3 is 2.81 bits per heavy atom. The van der Waals surface area contributed by atoms with Crippen LogP contribution in [-0.4, -0.2) is 22.9 Å². The predicted octanol–water partition coefficient (Wildman–Crippen LogP) is 1.84. The molecule has 5 nitrogen and oxygen atoms in total. The maximum Gasteiger partial charge on any atom is 0.123 e. The standard InChI is InChI=1S/C10H12FN3O2/c1-6-2-3-7(11)4-8(6)10(16)9(15)5-13-14-12/h2-4,9-10,15-16H,5H2,1H3. The van der Waals surface area contributed by atoms with Crippen molar-refractivity contribution in [2.24, 2.45) is 5.11 Å². The molecule has 0 spiro atoms. The summed E-state index contributed by atoms with van der Waals surface area (Å²) in [6, 6.07) is 3.93. The lowest BCUT2D eigenvalue weighted by atomic mass is 9.99. The summed E-state index contributed by atoms with van der Waals surface area (Å²) in [6.07, 6.45) is -2.50. The van der Waals surface area contributed by atoms with Crippen molar-refractivity contribution in [2.45, 2.75) is 19.1 Å². The molecule has 0 amide bonds. The van der Waals surface area contributed by atoms with Crippen LogP contribution in [0.5, 0.6) is 0 Å². The third kappa shape index (κ3) is 2.93. The van der Waals surface area contributed by atoms with E-state index in [2.05, 4.69) is 10.0 Å². The average molecular weight is 225 g/mol. The Hall–Kier alpha value is -1.62. The Balaban J connectivity index is 2.90. The van der Waals surface area contributed by atoms with Gasteiger partial charge in [-0.2, -0.15) is 0 Å². The molecule has 0 heterocycles. The van der Waals surface area contributed by atoms with Crippen molar-refractivity contribution in [1.82, 2.24) is 0 Å². The Morgan fingerprint density at radius 2 is 2.19 bits per heavy atom. The van der Waals surface area contributed by atoms with Gasteiger partial charge in [-0.05, 0) is 35.7 Å². The van der Waals surface area contributed by atoms with Crippen LogP contribution < -0.4 is 0 Å². The van der Waals surface area contributed by atoms with E-state index in [0.717, 1.165) is 6.07 Å². The first-order valence-corrected chi connectivity index (χ1v) is 4.69. The predicted molar refractivity (Wildman–Crippen MR) is 56.1 cm³/mol. The number of azide groups is 1. The molecule has 2 unspecified atom stereocenters. The molecule has 2 N–H and O–H groups in total. The van der Waals surface area contributed by atoms with E-state index in [9.17, 15) is 14.6 Å². The Bertz CT molecular complexity index is 419. The summed E-state index contributed by atoms with van der Waals surface area (Å²) in [4.78, 5) is 2.47. The van der Waals surface area contributed by atoms with Crippen molar-refractivity contribution < 1.29 is 14.6 Å². The van der Waals surface area contributed by atoms with Gasteiger partial charge in [0.15, 0.2) is 0 Å². The Kier molecular flexibility index (Phi) is 4.25. The smallest absolute Gasteiger partial charge is 0.123 e. The maximum absolute atomic E-state index is 12.9. The molecule has 1 aromatic carbocycles. The van der Waals surface area contributed by atoms with E-state index >= 15 is 0 Å². The van der Waals surface area contributed by atoms with E-state index in [0.29, 0.717) is 11.1 Å². The lowest BCUT2D eigenvalue weighted by molar-refractivity contribution is 0.0238. The SMILES string of the molecule is Cc1ccc(F)cc1C(O)C(O)CN=[N+]=[N-]. The highest BCUT2D eigenvalue weighted by atomic mass is 19.1. The number of rotatable bonds is 4. The molecule has 0 saturated heterocycles. The van der Waals surface area contributed by atoms with Crippen LogP contribution in [0.1, 0.15) is 17.2 Å². The van der Waals surface area contributed by atoms with E-state index in [1.807, 2.05) is 0 Å². The summed E-state index contributed by atoms with van der Waals surface area (Å²) in [7, 11) is 0. The molecule has 0 aromatic heterocycles. The normalized spacial score (nSPS) is 14.0. The second-order valence-electron chi connectivity index (χ2n) is 3.43. The van der Waals surface area contributed by atoms with Gasteiger partial charge in [0.05, 0.1) is 12.6 Å². The number of aryl methyl sites for hydroxylation is 1. The van der Waals surface area contributed by atoms with Gasteiger partial charge in [0, 0.05) is 4.91 Å². The van der Waals surface area contributed by atoms with E-state index in [4.69, 9.17) is 5.53 Å². The number of hydrogen-bond acceptors (Lipinski definition) is 3. The molecule has 0 aliphatic carbocycles. The summed E-state index contributed by atoms with van der Waals surface area (Å²) in [6.45, 7) is 1.44. The third-order valence-corrected chi connectivity index (χ3v) is 2.26. The van der Waals surface area contributed by atoms with Crippen LogP contribution in [0.2, 0.25) is 0 Å². The summed E-state index contributed by atoms with van der Waals surface area (Å²) >= 11 is 0. The van der Waals surface area contributed by atoms with Crippen LogP contribution >= 0.6 is 0 Å². The molecule has 0 bridgehead atoms. The van der Waals surface area contributed by atoms with Crippen molar-refractivity contribution in [3.63, 3.8) is 0 Å². The van der Waals surface area contributed by atoms with Gasteiger partial charge in [0.1, 0.15) is 11.9 Å². The quantitative estimate of drug-likeness (QED) is 0.465. The minimum Gasteiger partial charge on any atom is -0.390 e. The minimum atomic E-state index is -1.26. The van der Waals surface area contributed by atoms with Crippen molar-refractivity contribution in [3.8, 4) is 0 Å². The summed E-state index contributed by atoms with van der Waals surface area (Å²) < 4.78 is 12.9. The fraction of sp³-hybridized carbons (Fsp3) is 0.400. The topological polar surface area (TPSA) is 89.2 Å². The largest absolute Gasteiger partial charge is 0.390 e. The number of benzene rings is 1. The molecule has 0 aliphatic rings.